The number of amides is 1. The van der Waals surface area contributed by atoms with E-state index < -0.39 is 11.9 Å². The lowest BCUT2D eigenvalue weighted by Crippen LogP contribution is -2.18. The van der Waals surface area contributed by atoms with Crippen molar-refractivity contribution in [1.82, 2.24) is 10.4 Å². The standard InChI is InChI=1S/C32H24Cl3N3O5/c1-3-42-27-13-18(9-11-26(27)43-32(40)22-14-20(33)10-12-25(22)41-2)17-36-38-31(39)30-28(19-7-5-4-6-8-19)23-15-21(34)16-24(35)29(23)37-30/h4-17,37H,3H2,1-2H3,(H,38,39). The molecule has 8 nitrogen and oxygen atoms in total. The van der Waals surface area contributed by atoms with Crippen molar-refractivity contribution in [2.24, 2.45) is 5.10 Å². The molecule has 1 aromatic heterocycles. The van der Waals surface area contributed by atoms with Gasteiger partial charge in [0, 0.05) is 21.0 Å². The van der Waals surface area contributed by atoms with Crippen LogP contribution in [0.5, 0.6) is 17.2 Å². The predicted octanol–water partition coefficient (Wildman–Crippen LogP) is 8.19. The third-order valence-electron chi connectivity index (χ3n) is 6.35. The van der Waals surface area contributed by atoms with Crippen LogP contribution in [-0.4, -0.2) is 36.8 Å². The molecule has 2 N–H and O–H groups in total. The van der Waals surface area contributed by atoms with Gasteiger partial charge in [-0.2, -0.15) is 5.10 Å². The molecule has 43 heavy (non-hydrogen) atoms. The number of hydrogen-bond donors (Lipinski definition) is 2. The molecule has 0 saturated heterocycles. The maximum atomic E-state index is 13.3. The van der Waals surface area contributed by atoms with E-state index in [-0.39, 0.29) is 17.0 Å². The van der Waals surface area contributed by atoms with Gasteiger partial charge in [0.15, 0.2) is 11.5 Å². The number of aromatic nitrogens is 1. The van der Waals surface area contributed by atoms with Gasteiger partial charge in [0.1, 0.15) is 17.0 Å². The Labute approximate surface area is 262 Å². The number of ether oxygens (including phenoxy) is 3. The Morgan fingerprint density at radius 2 is 1.67 bits per heavy atom. The molecule has 0 aliphatic carbocycles. The molecule has 0 saturated carbocycles. The van der Waals surface area contributed by atoms with Gasteiger partial charge in [-0.05, 0) is 66.6 Å². The molecule has 1 heterocycles. The summed E-state index contributed by atoms with van der Waals surface area (Å²) in [4.78, 5) is 29.3. The molecule has 0 fully saturated rings. The summed E-state index contributed by atoms with van der Waals surface area (Å²) in [5.41, 5.74) is 5.62. The van der Waals surface area contributed by atoms with Crippen LogP contribution in [0.1, 0.15) is 33.3 Å². The molecule has 218 valence electrons. The first-order valence-corrected chi connectivity index (χ1v) is 14.1. The summed E-state index contributed by atoms with van der Waals surface area (Å²) in [5, 5.41) is 6.05. The van der Waals surface area contributed by atoms with Gasteiger partial charge in [0.25, 0.3) is 5.91 Å². The van der Waals surface area contributed by atoms with Crippen molar-refractivity contribution in [3.8, 4) is 28.4 Å². The molecule has 0 radical (unpaired) electrons. The molecule has 0 unspecified atom stereocenters. The first-order chi connectivity index (χ1) is 20.8. The van der Waals surface area contributed by atoms with E-state index in [0.717, 1.165) is 5.56 Å². The van der Waals surface area contributed by atoms with Gasteiger partial charge in [0.2, 0.25) is 0 Å². The number of halogens is 3. The zero-order chi connectivity index (χ0) is 30.5. The monoisotopic (exact) mass is 635 g/mol. The van der Waals surface area contributed by atoms with Crippen molar-refractivity contribution < 1.29 is 23.8 Å². The molecule has 1 amide bonds. The lowest BCUT2D eigenvalue weighted by molar-refractivity contribution is 0.0724. The van der Waals surface area contributed by atoms with E-state index >= 15 is 0 Å². The van der Waals surface area contributed by atoms with E-state index in [2.05, 4.69) is 15.5 Å². The molecule has 0 spiro atoms. The fraction of sp³-hybridized carbons (Fsp3) is 0.0938. The van der Waals surface area contributed by atoms with Gasteiger partial charge < -0.3 is 19.2 Å². The van der Waals surface area contributed by atoms with Gasteiger partial charge in [0.05, 0.1) is 30.5 Å². The summed E-state index contributed by atoms with van der Waals surface area (Å²) < 4.78 is 16.6. The number of benzene rings is 4. The summed E-state index contributed by atoms with van der Waals surface area (Å²) >= 11 is 18.8. The fourth-order valence-electron chi connectivity index (χ4n) is 4.47. The second-order valence-electron chi connectivity index (χ2n) is 9.12. The molecule has 0 atom stereocenters. The number of fused-ring (bicyclic) bond motifs is 1. The maximum Gasteiger partial charge on any atom is 0.347 e. The predicted molar refractivity (Wildman–Crippen MR) is 169 cm³/mol. The molecule has 5 rings (SSSR count). The summed E-state index contributed by atoms with van der Waals surface area (Å²) in [6, 6.07) is 22.3. The lowest BCUT2D eigenvalue weighted by atomic mass is 10.0. The Hall–Kier alpha value is -4.50. The Morgan fingerprint density at radius 3 is 2.42 bits per heavy atom. The van der Waals surface area contributed by atoms with Crippen LogP contribution in [0.15, 0.2) is 84.0 Å². The number of hydrogen-bond acceptors (Lipinski definition) is 6. The number of methoxy groups -OCH3 is 1. The molecule has 0 bridgehead atoms. The minimum atomic E-state index is -0.664. The first-order valence-electron chi connectivity index (χ1n) is 13.0. The highest BCUT2D eigenvalue weighted by atomic mass is 35.5. The first kappa shape index (κ1) is 30.0. The van der Waals surface area contributed by atoms with Crippen molar-refractivity contribution >= 4 is 63.8 Å². The zero-order valence-corrected chi connectivity index (χ0v) is 25.2. The summed E-state index contributed by atoms with van der Waals surface area (Å²) in [6.45, 7) is 2.12. The number of rotatable bonds is 9. The van der Waals surface area contributed by atoms with Crippen molar-refractivity contribution in [2.75, 3.05) is 13.7 Å². The number of H-pyrrole nitrogens is 1. The summed E-state index contributed by atoms with van der Waals surface area (Å²) in [6.07, 6.45) is 1.45. The second kappa shape index (κ2) is 13.2. The Kier molecular flexibility index (Phi) is 9.21. The highest BCUT2D eigenvalue weighted by Gasteiger charge is 2.21. The molecular weight excluding hydrogens is 613 g/mol. The van der Waals surface area contributed by atoms with E-state index in [1.807, 2.05) is 30.3 Å². The molecule has 0 aliphatic rings. The minimum absolute atomic E-state index is 0.168. The van der Waals surface area contributed by atoms with Crippen molar-refractivity contribution in [3.05, 3.63) is 111 Å². The highest BCUT2D eigenvalue weighted by Crippen LogP contribution is 2.37. The van der Waals surface area contributed by atoms with Crippen LogP contribution in [0.4, 0.5) is 0 Å². The van der Waals surface area contributed by atoms with Crippen LogP contribution in [0, 0.1) is 0 Å². The van der Waals surface area contributed by atoms with Crippen LogP contribution in [0.3, 0.4) is 0 Å². The zero-order valence-electron chi connectivity index (χ0n) is 22.9. The van der Waals surface area contributed by atoms with E-state index in [1.54, 1.807) is 49.4 Å². The third kappa shape index (κ3) is 6.62. The molecule has 5 aromatic rings. The van der Waals surface area contributed by atoms with Crippen molar-refractivity contribution in [3.63, 3.8) is 0 Å². The fourth-order valence-corrected chi connectivity index (χ4v) is 5.18. The minimum Gasteiger partial charge on any atom is -0.496 e. The Balaban J connectivity index is 1.38. The van der Waals surface area contributed by atoms with E-state index in [9.17, 15) is 9.59 Å². The van der Waals surface area contributed by atoms with Gasteiger partial charge in [-0.25, -0.2) is 10.2 Å². The van der Waals surface area contributed by atoms with Gasteiger partial charge in [-0.15, -0.1) is 0 Å². The maximum absolute atomic E-state index is 13.3. The topological polar surface area (TPSA) is 102 Å². The molecule has 11 heteroatoms. The number of carbonyl (C=O) groups excluding carboxylic acids is 2. The van der Waals surface area contributed by atoms with Crippen LogP contribution < -0.4 is 19.6 Å². The average Bonchev–Trinajstić information content (AvgIpc) is 3.39. The number of carbonyl (C=O) groups is 2. The summed E-state index contributed by atoms with van der Waals surface area (Å²) in [7, 11) is 1.45. The van der Waals surface area contributed by atoms with Crippen molar-refractivity contribution in [2.45, 2.75) is 6.92 Å². The van der Waals surface area contributed by atoms with Gasteiger partial charge in [-0.3, -0.25) is 4.79 Å². The molecule has 4 aromatic carbocycles. The Morgan fingerprint density at radius 1 is 0.907 bits per heavy atom. The molecule has 0 aliphatic heterocycles. The average molecular weight is 637 g/mol. The number of aromatic amines is 1. The lowest BCUT2D eigenvalue weighted by Gasteiger charge is -2.13. The normalized spacial score (nSPS) is 11.1. The SMILES string of the molecule is CCOc1cc(C=NNC(=O)c2[nH]c3c(Cl)cc(Cl)cc3c2-c2ccccc2)ccc1OC(=O)c1cc(Cl)ccc1OC. The Bertz CT molecular complexity index is 1850. The van der Waals surface area contributed by atoms with Gasteiger partial charge in [-0.1, -0.05) is 65.1 Å². The number of nitrogens with zero attached hydrogens (tertiary/aromatic N) is 1. The smallest absolute Gasteiger partial charge is 0.347 e. The number of nitrogens with one attached hydrogen (secondary N) is 2. The van der Waals surface area contributed by atoms with Crippen molar-refractivity contribution in [1.29, 1.82) is 0 Å². The van der Waals surface area contributed by atoms with Gasteiger partial charge >= 0.3 is 5.97 Å². The van der Waals surface area contributed by atoms with E-state index in [1.165, 1.54) is 19.4 Å². The number of hydrazone groups is 1. The van der Waals surface area contributed by atoms with Crippen LogP contribution >= 0.6 is 34.8 Å². The van der Waals surface area contributed by atoms with E-state index in [0.29, 0.717) is 55.2 Å². The van der Waals surface area contributed by atoms with E-state index in [4.69, 9.17) is 49.0 Å². The number of esters is 1. The highest BCUT2D eigenvalue weighted by molar-refractivity contribution is 6.39. The largest absolute Gasteiger partial charge is 0.496 e. The summed E-state index contributed by atoms with van der Waals surface area (Å²) in [5.74, 6) is -0.327. The van der Waals surface area contributed by atoms with Crippen LogP contribution in [0.2, 0.25) is 15.1 Å². The third-order valence-corrected chi connectivity index (χ3v) is 7.10. The quantitative estimate of drug-likeness (QED) is 0.0735. The molecular formula is C32H24Cl3N3O5. The van der Waals surface area contributed by atoms with Crippen LogP contribution in [-0.2, 0) is 0 Å². The second-order valence-corrected chi connectivity index (χ2v) is 10.4. The van der Waals surface area contributed by atoms with Crippen LogP contribution in [0.25, 0.3) is 22.0 Å².